The summed E-state index contributed by atoms with van der Waals surface area (Å²) in [6, 6.07) is 0.153. The molecule has 16 heavy (non-hydrogen) atoms. The molecule has 0 amide bonds. The van der Waals surface area contributed by atoms with Crippen molar-refractivity contribution < 1.29 is 19.8 Å². The van der Waals surface area contributed by atoms with Crippen LogP contribution in [0.25, 0.3) is 0 Å². The van der Waals surface area contributed by atoms with Crippen LogP contribution < -0.4 is 11.5 Å². The Bertz CT molecular complexity index is 215. The van der Waals surface area contributed by atoms with Crippen molar-refractivity contribution in [3.05, 3.63) is 12.7 Å². The molecule has 2 unspecified atom stereocenters. The molecule has 0 aliphatic rings. The second kappa shape index (κ2) is 10.1. The zero-order valence-electron chi connectivity index (χ0n) is 9.43. The van der Waals surface area contributed by atoms with Crippen molar-refractivity contribution in [3.8, 4) is 0 Å². The predicted octanol–water partition coefficient (Wildman–Crippen LogP) is 0.173. The Kier molecular flexibility index (Phi) is 10.8. The lowest BCUT2D eigenvalue weighted by molar-refractivity contribution is -0.143. The lowest BCUT2D eigenvalue weighted by atomic mass is 10.1. The van der Waals surface area contributed by atoms with E-state index in [2.05, 4.69) is 6.58 Å². The molecule has 0 rings (SSSR count). The fraction of sp³-hybridized carbons (Fsp3) is 0.600. The van der Waals surface area contributed by atoms with Crippen molar-refractivity contribution in [2.75, 3.05) is 0 Å². The van der Waals surface area contributed by atoms with Gasteiger partial charge in [0.2, 0.25) is 0 Å². The Morgan fingerprint density at radius 2 is 1.62 bits per heavy atom. The molecule has 0 saturated heterocycles. The Morgan fingerprint density at radius 1 is 1.25 bits per heavy atom. The highest BCUT2D eigenvalue weighted by atomic mass is 16.4. The average molecular weight is 232 g/mol. The highest BCUT2D eigenvalue weighted by Crippen LogP contribution is 1.91. The number of rotatable bonds is 6. The zero-order chi connectivity index (χ0) is 13.1. The summed E-state index contributed by atoms with van der Waals surface area (Å²) in [6.45, 7) is 5.44. The minimum Gasteiger partial charge on any atom is -0.481 e. The Hall–Kier alpha value is -1.40. The van der Waals surface area contributed by atoms with Gasteiger partial charge >= 0.3 is 11.9 Å². The Morgan fingerprint density at radius 3 is 1.75 bits per heavy atom. The highest BCUT2D eigenvalue weighted by Gasteiger charge is 2.03. The van der Waals surface area contributed by atoms with E-state index >= 15 is 0 Å². The molecule has 0 aliphatic carbocycles. The van der Waals surface area contributed by atoms with Gasteiger partial charge in [-0.1, -0.05) is 6.08 Å². The zero-order valence-corrected chi connectivity index (χ0v) is 9.43. The van der Waals surface area contributed by atoms with Crippen LogP contribution in [0.5, 0.6) is 0 Å². The lowest BCUT2D eigenvalue weighted by Crippen LogP contribution is -2.38. The third kappa shape index (κ3) is 15.1. The molecule has 0 bridgehead atoms. The molecule has 94 valence electrons. The molecule has 0 spiro atoms. The summed E-state index contributed by atoms with van der Waals surface area (Å²) in [5.41, 5.74) is 11.0. The molecule has 6 nitrogen and oxygen atoms in total. The number of carboxylic acids is 2. The van der Waals surface area contributed by atoms with E-state index in [9.17, 15) is 9.59 Å². The molecule has 0 saturated carbocycles. The highest BCUT2D eigenvalue weighted by molar-refractivity contribution is 5.75. The van der Waals surface area contributed by atoms with Gasteiger partial charge < -0.3 is 21.7 Å². The van der Waals surface area contributed by atoms with Gasteiger partial charge in [-0.2, -0.15) is 0 Å². The quantitative estimate of drug-likeness (QED) is 0.483. The van der Waals surface area contributed by atoms with Crippen molar-refractivity contribution in [2.24, 2.45) is 11.5 Å². The van der Waals surface area contributed by atoms with Crippen molar-refractivity contribution in [2.45, 2.75) is 38.3 Å². The van der Waals surface area contributed by atoms with Crippen molar-refractivity contribution in [1.29, 1.82) is 0 Å². The number of hydrogen-bond donors (Lipinski definition) is 4. The van der Waals surface area contributed by atoms with E-state index in [-0.39, 0.29) is 24.9 Å². The molecule has 0 fully saturated rings. The van der Waals surface area contributed by atoms with Crippen LogP contribution in [0.3, 0.4) is 0 Å². The molecule has 0 radical (unpaired) electrons. The van der Waals surface area contributed by atoms with Gasteiger partial charge in [-0.3, -0.25) is 9.59 Å². The summed E-state index contributed by atoms with van der Waals surface area (Å²) in [5, 5.41) is 15.8. The molecule has 0 aliphatic heterocycles. The standard InChI is InChI=1S/C6H14N2.C4H6O4/c1-3-4-6(8)5(2)7;5-3(6)1-2-4(7)8/h3,5-6H,1,4,7-8H2,2H3;1-2H2,(H,5,6)(H,7,8). The van der Waals surface area contributed by atoms with Crippen LogP contribution in [0.2, 0.25) is 0 Å². The van der Waals surface area contributed by atoms with Gasteiger partial charge in [0.15, 0.2) is 0 Å². The van der Waals surface area contributed by atoms with Gasteiger partial charge in [0.05, 0.1) is 12.8 Å². The van der Waals surface area contributed by atoms with Crippen molar-refractivity contribution in [3.63, 3.8) is 0 Å². The number of carboxylic acid groups (broad SMARTS) is 2. The molecule has 0 aromatic rings. The molecule has 2 atom stereocenters. The molecular weight excluding hydrogens is 212 g/mol. The van der Waals surface area contributed by atoms with Gasteiger partial charge in [0.1, 0.15) is 0 Å². The summed E-state index contributed by atoms with van der Waals surface area (Å²) in [4.78, 5) is 19.3. The van der Waals surface area contributed by atoms with Crippen LogP contribution in [0.1, 0.15) is 26.2 Å². The third-order valence-corrected chi connectivity index (χ3v) is 1.67. The maximum absolute atomic E-state index is 9.64. The lowest BCUT2D eigenvalue weighted by Gasteiger charge is -2.11. The average Bonchev–Trinajstić information content (AvgIpc) is 2.16. The first-order valence-corrected chi connectivity index (χ1v) is 4.86. The van der Waals surface area contributed by atoms with E-state index in [0.29, 0.717) is 0 Å². The maximum Gasteiger partial charge on any atom is 0.303 e. The third-order valence-electron chi connectivity index (χ3n) is 1.67. The van der Waals surface area contributed by atoms with Gasteiger partial charge in [-0.15, -0.1) is 6.58 Å². The topological polar surface area (TPSA) is 127 Å². The maximum atomic E-state index is 9.64. The van der Waals surface area contributed by atoms with Gasteiger partial charge in [-0.05, 0) is 13.3 Å². The smallest absolute Gasteiger partial charge is 0.303 e. The van der Waals surface area contributed by atoms with Crippen LogP contribution >= 0.6 is 0 Å². The molecule has 0 heterocycles. The van der Waals surface area contributed by atoms with Gasteiger partial charge in [-0.25, -0.2) is 0 Å². The second-order valence-electron chi connectivity index (χ2n) is 3.33. The Labute approximate surface area is 94.9 Å². The van der Waals surface area contributed by atoms with E-state index in [1.54, 1.807) is 6.08 Å². The molecular formula is C10H20N2O4. The summed E-state index contributed by atoms with van der Waals surface area (Å²) in [7, 11) is 0. The monoisotopic (exact) mass is 232 g/mol. The minimum atomic E-state index is -1.08. The normalized spacial score (nSPS) is 12.9. The Balaban J connectivity index is 0. The number of nitrogens with two attached hydrogens (primary N) is 2. The summed E-state index contributed by atoms with van der Waals surface area (Å²) < 4.78 is 0. The number of hydrogen-bond acceptors (Lipinski definition) is 4. The first kappa shape index (κ1) is 17.0. The fourth-order valence-corrected chi connectivity index (χ4v) is 0.621. The van der Waals surface area contributed by atoms with Crippen LogP contribution in [0.4, 0.5) is 0 Å². The molecule has 6 N–H and O–H groups in total. The van der Waals surface area contributed by atoms with Gasteiger partial charge in [0, 0.05) is 12.1 Å². The van der Waals surface area contributed by atoms with Crippen LogP contribution in [-0.2, 0) is 9.59 Å². The predicted molar refractivity (Wildman–Crippen MR) is 60.9 cm³/mol. The molecule has 6 heteroatoms. The van der Waals surface area contributed by atoms with Crippen molar-refractivity contribution in [1.82, 2.24) is 0 Å². The van der Waals surface area contributed by atoms with E-state index < -0.39 is 11.9 Å². The largest absolute Gasteiger partial charge is 0.481 e. The van der Waals surface area contributed by atoms with Crippen LogP contribution in [-0.4, -0.2) is 34.2 Å². The summed E-state index contributed by atoms with van der Waals surface area (Å²) >= 11 is 0. The van der Waals surface area contributed by atoms with Crippen molar-refractivity contribution >= 4 is 11.9 Å². The SMILES string of the molecule is C=CCC(N)C(C)N.O=C(O)CCC(=O)O. The van der Waals surface area contributed by atoms with E-state index in [1.165, 1.54) is 0 Å². The molecule has 0 aromatic carbocycles. The molecule has 0 aromatic heterocycles. The summed E-state index contributed by atoms with van der Waals surface area (Å²) in [5.74, 6) is -2.15. The van der Waals surface area contributed by atoms with E-state index in [1.807, 2.05) is 6.92 Å². The van der Waals surface area contributed by atoms with E-state index in [4.69, 9.17) is 21.7 Å². The number of aliphatic carboxylic acids is 2. The van der Waals surface area contributed by atoms with Gasteiger partial charge in [0.25, 0.3) is 0 Å². The first-order valence-electron chi connectivity index (χ1n) is 4.86. The first-order chi connectivity index (χ1) is 7.31. The van der Waals surface area contributed by atoms with E-state index in [0.717, 1.165) is 6.42 Å². The summed E-state index contributed by atoms with van der Waals surface area (Å²) in [6.07, 6.45) is 2.00. The van der Waals surface area contributed by atoms with Crippen LogP contribution in [0.15, 0.2) is 12.7 Å². The minimum absolute atomic E-state index is 0.0764. The fourth-order valence-electron chi connectivity index (χ4n) is 0.621. The number of carbonyl (C=O) groups is 2. The second-order valence-corrected chi connectivity index (χ2v) is 3.33. The van der Waals surface area contributed by atoms with Crippen LogP contribution in [0, 0.1) is 0 Å².